The number of carbonyl (C=O) groups excluding carboxylic acids is 1. The van der Waals surface area contributed by atoms with Crippen molar-refractivity contribution in [1.29, 1.82) is 0 Å². The molecule has 2 aliphatic heterocycles. The Morgan fingerprint density at radius 3 is 2.69 bits per heavy atom. The molecule has 3 heterocycles. The quantitative estimate of drug-likeness (QED) is 0.252. The van der Waals surface area contributed by atoms with Crippen LogP contribution in [0.1, 0.15) is 46.7 Å². The van der Waals surface area contributed by atoms with Crippen LogP contribution in [0.2, 0.25) is 10.0 Å². The van der Waals surface area contributed by atoms with Crippen molar-refractivity contribution in [1.82, 2.24) is 20.5 Å². The van der Waals surface area contributed by atoms with Gasteiger partial charge >= 0.3 is 0 Å². The third-order valence-corrected chi connectivity index (χ3v) is 10.00. The van der Waals surface area contributed by atoms with Crippen LogP contribution in [-0.2, 0) is 17.8 Å². The van der Waals surface area contributed by atoms with E-state index < -0.39 is 0 Å². The van der Waals surface area contributed by atoms with Crippen molar-refractivity contribution < 1.29 is 14.3 Å². The summed E-state index contributed by atoms with van der Waals surface area (Å²) in [6.45, 7) is 4.77. The Balaban J connectivity index is 1.22. The topological polar surface area (TPSA) is 75.7 Å². The predicted octanol–water partition coefficient (Wildman–Crippen LogP) is 6.06. The molecule has 3 aromatic rings. The minimum Gasteiger partial charge on any atom is -0.496 e. The third-order valence-electron chi connectivity index (χ3n) is 8.29. The number of ether oxygens (including phenoxy) is 2. The number of fused-ring (bicyclic) bond motifs is 2. The lowest BCUT2D eigenvalue weighted by Crippen LogP contribution is -2.59. The minimum atomic E-state index is -0.0213. The third kappa shape index (κ3) is 6.33. The average Bonchev–Trinajstić information content (AvgIpc) is 3.72. The molecule has 2 bridgehead atoms. The van der Waals surface area contributed by atoms with E-state index in [1.807, 2.05) is 18.3 Å². The normalized spacial score (nSPS) is 20.0. The van der Waals surface area contributed by atoms with Gasteiger partial charge in [0.05, 0.1) is 39.7 Å². The zero-order valence-electron chi connectivity index (χ0n) is 23.9. The highest BCUT2D eigenvalue weighted by molar-refractivity contribution is 7.12. The summed E-state index contributed by atoms with van der Waals surface area (Å²) in [5.74, 6) is 1.51. The van der Waals surface area contributed by atoms with Crippen molar-refractivity contribution in [2.75, 3.05) is 26.8 Å². The number of para-hydroxylation sites is 1. The summed E-state index contributed by atoms with van der Waals surface area (Å²) in [7, 11) is 1.69. The molecule has 1 saturated carbocycles. The molecule has 2 atom stereocenters. The van der Waals surface area contributed by atoms with E-state index >= 15 is 0 Å². The van der Waals surface area contributed by atoms with Crippen LogP contribution >= 0.6 is 34.5 Å². The molecule has 2 N–H and O–H groups in total. The number of rotatable bonds is 11. The van der Waals surface area contributed by atoms with Gasteiger partial charge in [-0.1, -0.05) is 41.4 Å². The lowest BCUT2D eigenvalue weighted by atomic mass is 9.86. The van der Waals surface area contributed by atoms with Gasteiger partial charge in [0.2, 0.25) is 0 Å². The van der Waals surface area contributed by atoms with E-state index in [2.05, 4.69) is 28.5 Å². The molecule has 42 heavy (non-hydrogen) atoms. The molecule has 2 aromatic carbocycles. The highest BCUT2D eigenvalue weighted by Crippen LogP contribution is 2.39. The van der Waals surface area contributed by atoms with Crippen molar-refractivity contribution in [2.45, 2.75) is 63.7 Å². The maximum absolute atomic E-state index is 14.5. The van der Waals surface area contributed by atoms with E-state index in [-0.39, 0.29) is 18.0 Å². The number of benzene rings is 2. The zero-order valence-corrected chi connectivity index (χ0v) is 26.2. The van der Waals surface area contributed by atoms with Gasteiger partial charge in [-0.2, -0.15) is 0 Å². The first-order chi connectivity index (χ1) is 20.4. The second kappa shape index (κ2) is 12.9. The molecule has 6 rings (SSSR count). The Morgan fingerprint density at radius 1 is 1.14 bits per heavy atom. The number of aromatic nitrogens is 1. The summed E-state index contributed by atoms with van der Waals surface area (Å²) in [6.07, 6.45) is 6.41. The van der Waals surface area contributed by atoms with Gasteiger partial charge in [0.1, 0.15) is 5.75 Å². The number of thiazole rings is 1. The number of nitrogens with one attached hydrogen (secondary N) is 2. The monoisotopic (exact) mass is 626 g/mol. The molecule has 0 spiro atoms. The van der Waals surface area contributed by atoms with Crippen LogP contribution in [0.3, 0.4) is 0 Å². The highest BCUT2D eigenvalue weighted by Gasteiger charge is 2.41. The van der Waals surface area contributed by atoms with Gasteiger partial charge in [-0.3, -0.25) is 4.79 Å². The predicted molar refractivity (Wildman–Crippen MR) is 169 cm³/mol. The molecule has 10 heteroatoms. The summed E-state index contributed by atoms with van der Waals surface area (Å²) in [5.41, 5.74) is 4.24. The van der Waals surface area contributed by atoms with Crippen molar-refractivity contribution in [2.24, 2.45) is 0 Å². The van der Waals surface area contributed by atoms with E-state index in [1.54, 1.807) is 36.6 Å². The summed E-state index contributed by atoms with van der Waals surface area (Å²) >= 11 is 14.2. The van der Waals surface area contributed by atoms with E-state index in [0.717, 1.165) is 83.1 Å². The standard InChI is InChI=1S/C32H36Cl2N4O3S/c1-19-20(6-3-9-27(19)40-2)18-38(22-11-12-22)32(39)30-23(14-21-15-35-16-26(30)37-21)28-17-36-29(42-28)10-5-13-41-31-24(33)7-4-8-25(31)34/h3-4,6-9,17,21-22,26,35,37H,5,10-16,18H2,1-2H3. The van der Waals surface area contributed by atoms with E-state index in [1.165, 1.54) is 0 Å². The van der Waals surface area contributed by atoms with Gasteiger partial charge in [-0.05, 0) is 67.5 Å². The lowest BCUT2D eigenvalue weighted by Gasteiger charge is -2.40. The van der Waals surface area contributed by atoms with Crippen LogP contribution in [0, 0.1) is 6.92 Å². The van der Waals surface area contributed by atoms with Crippen LogP contribution in [-0.4, -0.2) is 60.7 Å². The van der Waals surface area contributed by atoms with Crippen molar-refractivity contribution in [3.63, 3.8) is 0 Å². The van der Waals surface area contributed by atoms with Gasteiger partial charge in [0.25, 0.3) is 5.91 Å². The number of nitrogens with zero attached hydrogens (tertiary/aromatic N) is 2. The fraction of sp³-hybridized carbons (Fsp3) is 0.438. The van der Waals surface area contributed by atoms with E-state index in [0.29, 0.717) is 35.0 Å². The minimum absolute atomic E-state index is 0.0213. The molecular weight excluding hydrogens is 591 g/mol. The van der Waals surface area contributed by atoms with Crippen LogP contribution < -0.4 is 20.1 Å². The second-order valence-electron chi connectivity index (χ2n) is 11.2. The Hall–Kier alpha value is -2.62. The molecular formula is C32H36Cl2N4O3S. The maximum Gasteiger partial charge on any atom is 0.252 e. The SMILES string of the molecule is COc1cccc(CN(C(=O)C2=C(c3cnc(CCCOc4c(Cl)cccc4Cl)s3)CC3CNCC2N3)C2CC2)c1C. The number of carbonyl (C=O) groups is 1. The van der Waals surface area contributed by atoms with Crippen LogP contribution in [0.15, 0.2) is 48.2 Å². The first-order valence-corrected chi connectivity index (χ1v) is 16.1. The summed E-state index contributed by atoms with van der Waals surface area (Å²) in [4.78, 5) is 22.4. The zero-order chi connectivity index (χ0) is 29.2. The number of aryl methyl sites for hydroxylation is 1. The summed E-state index contributed by atoms with van der Waals surface area (Å²) < 4.78 is 11.4. The van der Waals surface area contributed by atoms with Crippen LogP contribution in [0.4, 0.5) is 0 Å². The Kier molecular flexibility index (Phi) is 9.07. The Labute approximate surface area is 261 Å². The van der Waals surface area contributed by atoms with E-state index in [4.69, 9.17) is 37.7 Å². The molecule has 3 aliphatic rings. The Bertz CT molecular complexity index is 1470. The number of halogens is 2. The van der Waals surface area contributed by atoms with Crippen molar-refractivity contribution in [3.8, 4) is 11.5 Å². The fourth-order valence-corrected chi connectivity index (χ4v) is 7.46. The lowest BCUT2D eigenvalue weighted by molar-refractivity contribution is -0.128. The molecule has 1 amide bonds. The van der Waals surface area contributed by atoms with Gasteiger partial charge in [0.15, 0.2) is 5.75 Å². The first kappa shape index (κ1) is 29.5. The summed E-state index contributed by atoms with van der Waals surface area (Å²) in [6, 6.07) is 12.0. The summed E-state index contributed by atoms with van der Waals surface area (Å²) in [5, 5.41) is 9.31. The number of hydrogen-bond acceptors (Lipinski definition) is 7. The molecule has 1 saturated heterocycles. The van der Waals surface area contributed by atoms with Gasteiger partial charge in [-0.15, -0.1) is 11.3 Å². The van der Waals surface area contributed by atoms with Crippen molar-refractivity contribution in [3.05, 3.63) is 79.2 Å². The molecule has 2 unspecified atom stereocenters. The second-order valence-corrected chi connectivity index (χ2v) is 13.1. The molecule has 0 radical (unpaired) electrons. The number of methoxy groups -OCH3 is 1. The number of hydrogen-bond donors (Lipinski definition) is 2. The van der Waals surface area contributed by atoms with Gasteiger partial charge in [-0.25, -0.2) is 4.98 Å². The van der Waals surface area contributed by atoms with Crippen molar-refractivity contribution >= 4 is 46.0 Å². The Morgan fingerprint density at radius 2 is 1.93 bits per heavy atom. The smallest absolute Gasteiger partial charge is 0.252 e. The first-order valence-electron chi connectivity index (χ1n) is 14.6. The molecule has 1 aromatic heterocycles. The molecule has 2 fully saturated rings. The van der Waals surface area contributed by atoms with Crippen LogP contribution in [0.5, 0.6) is 11.5 Å². The molecule has 222 valence electrons. The number of piperazine rings is 1. The number of amides is 1. The average molecular weight is 628 g/mol. The molecule has 7 nitrogen and oxygen atoms in total. The van der Waals surface area contributed by atoms with Gasteiger partial charge < -0.3 is 25.0 Å². The van der Waals surface area contributed by atoms with E-state index in [9.17, 15) is 4.79 Å². The van der Waals surface area contributed by atoms with Gasteiger partial charge in [0, 0.05) is 49.9 Å². The maximum atomic E-state index is 14.5. The van der Waals surface area contributed by atoms with Crippen LogP contribution in [0.25, 0.3) is 5.57 Å². The fourth-order valence-electron chi connectivity index (χ4n) is 5.93. The molecule has 1 aliphatic carbocycles. The largest absolute Gasteiger partial charge is 0.496 e. The highest BCUT2D eigenvalue weighted by atomic mass is 35.5.